The van der Waals surface area contributed by atoms with E-state index in [2.05, 4.69) is 13.0 Å². The molecule has 0 aromatic heterocycles. The Morgan fingerprint density at radius 1 is 1.15 bits per heavy atom. The van der Waals surface area contributed by atoms with Crippen LogP contribution in [0.1, 0.15) is 68.1 Å². The number of hydrogen-bond donors (Lipinski definition) is 1. The second-order valence-electron chi connectivity index (χ2n) is 6.18. The summed E-state index contributed by atoms with van der Waals surface area (Å²) in [5.41, 5.74) is 5.38. The monoisotopic (exact) mass is 270 g/mol. The van der Waals surface area contributed by atoms with Gasteiger partial charge in [0.1, 0.15) is 0 Å². The fourth-order valence-corrected chi connectivity index (χ4v) is 3.68. The SMILES string of the molecule is CC1Cc2c(C(C(=O)O)=C3CCCCCC3)cccc21. The number of rotatable bonds is 2. The molecule has 1 N–H and O–H groups in total. The number of allylic oxidation sites excluding steroid dienone is 1. The molecule has 0 heterocycles. The second kappa shape index (κ2) is 5.43. The van der Waals surface area contributed by atoms with Gasteiger partial charge in [0.05, 0.1) is 5.57 Å². The third-order valence-corrected chi connectivity index (χ3v) is 4.80. The Hall–Kier alpha value is -1.57. The maximum atomic E-state index is 11.8. The van der Waals surface area contributed by atoms with Crippen molar-refractivity contribution in [2.75, 3.05) is 0 Å². The standard InChI is InChI=1S/C18H22O2/c1-12-11-16-14(12)9-6-10-15(16)17(18(19)20)13-7-4-2-3-5-8-13/h6,9-10,12H,2-5,7-8,11H2,1H3,(H,19,20). The van der Waals surface area contributed by atoms with E-state index >= 15 is 0 Å². The summed E-state index contributed by atoms with van der Waals surface area (Å²) in [5, 5.41) is 9.72. The maximum Gasteiger partial charge on any atom is 0.336 e. The van der Waals surface area contributed by atoms with E-state index in [1.54, 1.807) is 0 Å². The quantitative estimate of drug-likeness (QED) is 0.633. The molecular formula is C18H22O2. The first-order chi connectivity index (χ1) is 9.68. The predicted octanol–water partition coefficient (Wildman–Crippen LogP) is 4.54. The minimum absolute atomic E-state index is 0.583. The molecule has 1 saturated carbocycles. The smallest absolute Gasteiger partial charge is 0.336 e. The highest BCUT2D eigenvalue weighted by molar-refractivity contribution is 6.17. The van der Waals surface area contributed by atoms with Crippen LogP contribution in [0.5, 0.6) is 0 Å². The number of carboxylic acids is 1. The molecule has 1 unspecified atom stereocenters. The van der Waals surface area contributed by atoms with E-state index in [9.17, 15) is 9.90 Å². The van der Waals surface area contributed by atoms with Gasteiger partial charge in [0, 0.05) is 0 Å². The van der Waals surface area contributed by atoms with Crippen LogP contribution < -0.4 is 0 Å². The highest BCUT2D eigenvalue weighted by Gasteiger charge is 2.28. The molecule has 0 radical (unpaired) electrons. The number of aliphatic carboxylic acids is 1. The van der Waals surface area contributed by atoms with E-state index in [-0.39, 0.29) is 0 Å². The van der Waals surface area contributed by atoms with Crippen molar-refractivity contribution in [3.05, 3.63) is 40.5 Å². The molecule has 0 saturated heterocycles. The number of carbonyl (C=O) groups is 1. The van der Waals surface area contributed by atoms with E-state index in [1.807, 2.05) is 12.1 Å². The van der Waals surface area contributed by atoms with Gasteiger partial charge in [0.25, 0.3) is 0 Å². The number of carboxylic acid groups (broad SMARTS) is 1. The first-order valence-electron chi connectivity index (χ1n) is 7.76. The summed E-state index contributed by atoms with van der Waals surface area (Å²) < 4.78 is 0. The summed E-state index contributed by atoms with van der Waals surface area (Å²) in [4.78, 5) is 11.8. The highest BCUT2D eigenvalue weighted by atomic mass is 16.4. The zero-order valence-electron chi connectivity index (χ0n) is 12.1. The molecule has 2 aliphatic carbocycles. The van der Waals surface area contributed by atoms with E-state index < -0.39 is 5.97 Å². The molecule has 2 nitrogen and oxygen atoms in total. The van der Waals surface area contributed by atoms with Crippen LogP contribution in [0.25, 0.3) is 5.57 Å². The minimum Gasteiger partial charge on any atom is -0.478 e. The van der Waals surface area contributed by atoms with Gasteiger partial charge in [-0.1, -0.05) is 43.5 Å². The summed E-state index contributed by atoms with van der Waals surface area (Å²) in [6, 6.07) is 6.17. The molecule has 0 bridgehead atoms. The summed E-state index contributed by atoms with van der Waals surface area (Å²) in [6.45, 7) is 2.21. The van der Waals surface area contributed by atoms with Gasteiger partial charge in [-0.3, -0.25) is 0 Å². The average Bonchev–Trinajstić information content (AvgIpc) is 2.68. The van der Waals surface area contributed by atoms with E-state index in [0.29, 0.717) is 11.5 Å². The summed E-state index contributed by atoms with van der Waals surface area (Å²) in [6.07, 6.45) is 7.69. The van der Waals surface area contributed by atoms with Crippen LogP contribution in [0.15, 0.2) is 23.8 Å². The molecule has 2 aliphatic rings. The van der Waals surface area contributed by atoms with Gasteiger partial charge in [0.2, 0.25) is 0 Å². The van der Waals surface area contributed by atoms with Crippen LogP contribution >= 0.6 is 0 Å². The van der Waals surface area contributed by atoms with E-state index in [1.165, 1.54) is 29.5 Å². The maximum absolute atomic E-state index is 11.8. The van der Waals surface area contributed by atoms with Crippen molar-refractivity contribution in [3.63, 3.8) is 0 Å². The van der Waals surface area contributed by atoms with E-state index in [4.69, 9.17) is 0 Å². The number of fused-ring (bicyclic) bond motifs is 1. The molecule has 0 amide bonds. The summed E-state index contributed by atoms with van der Waals surface area (Å²) >= 11 is 0. The van der Waals surface area contributed by atoms with Crippen molar-refractivity contribution in [2.45, 2.75) is 57.8 Å². The van der Waals surface area contributed by atoms with Crippen molar-refractivity contribution in [3.8, 4) is 0 Å². The topological polar surface area (TPSA) is 37.3 Å². The first-order valence-corrected chi connectivity index (χ1v) is 7.76. The highest BCUT2D eigenvalue weighted by Crippen LogP contribution is 2.41. The molecule has 0 aliphatic heterocycles. The molecule has 1 fully saturated rings. The van der Waals surface area contributed by atoms with Gasteiger partial charge < -0.3 is 5.11 Å². The van der Waals surface area contributed by atoms with Crippen LogP contribution in [-0.2, 0) is 11.2 Å². The van der Waals surface area contributed by atoms with Gasteiger partial charge >= 0.3 is 5.97 Å². The molecular weight excluding hydrogens is 248 g/mol. The normalized spacial score (nSPS) is 21.6. The fraction of sp³-hybridized carbons (Fsp3) is 0.500. The molecule has 20 heavy (non-hydrogen) atoms. The lowest BCUT2D eigenvalue weighted by atomic mass is 9.74. The lowest BCUT2D eigenvalue weighted by Gasteiger charge is -2.30. The number of benzene rings is 1. The average molecular weight is 270 g/mol. The van der Waals surface area contributed by atoms with Crippen molar-refractivity contribution in [1.29, 1.82) is 0 Å². The molecule has 1 aromatic carbocycles. The van der Waals surface area contributed by atoms with Crippen molar-refractivity contribution < 1.29 is 9.90 Å². The van der Waals surface area contributed by atoms with Gasteiger partial charge in [-0.15, -0.1) is 0 Å². The molecule has 106 valence electrons. The van der Waals surface area contributed by atoms with Crippen LogP contribution in [0.4, 0.5) is 0 Å². The predicted molar refractivity (Wildman–Crippen MR) is 80.8 cm³/mol. The van der Waals surface area contributed by atoms with Crippen LogP contribution in [0.3, 0.4) is 0 Å². The third kappa shape index (κ3) is 2.28. The van der Waals surface area contributed by atoms with Crippen LogP contribution in [0, 0.1) is 0 Å². The van der Waals surface area contributed by atoms with Crippen molar-refractivity contribution in [2.24, 2.45) is 0 Å². The lowest BCUT2D eigenvalue weighted by molar-refractivity contribution is -0.130. The Bertz CT molecular complexity index is 559. The van der Waals surface area contributed by atoms with Gasteiger partial charge in [-0.2, -0.15) is 0 Å². The largest absolute Gasteiger partial charge is 0.478 e. The van der Waals surface area contributed by atoms with Gasteiger partial charge in [-0.25, -0.2) is 4.79 Å². The zero-order valence-corrected chi connectivity index (χ0v) is 12.1. The molecule has 0 spiro atoms. The van der Waals surface area contributed by atoms with Gasteiger partial charge in [0.15, 0.2) is 0 Å². The Morgan fingerprint density at radius 3 is 2.45 bits per heavy atom. The Balaban J connectivity index is 2.08. The van der Waals surface area contributed by atoms with Crippen molar-refractivity contribution in [1.82, 2.24) is 0 Å². The first kappa shape index (κ1) is 13.4. The summed E-state index contributed by atoms with van der Waals surface area (Å²) in [5.74, 6) is -0.158. The van der Waals surface area contributed by atoms with Crippen LogP contribution in [0.2, 0.25) is 0 Å². The Labute approximate surface area is 120 Å². The van der Waals surface area contributed by atoms with Crippen molar-refractivity contribution >= 4 is 11.5 Å². The number of hydrogen-bond acceptors (Lipinski definition) is 1. The third-order valence-electron chi connectivity index (χ3n) is 4.80. The second-order valence-corrected chi connectivity index (χ2v) is 6.18. The fourth-order valence-electron chi connectivity index (χ4n) is 3.68. The van der Waals surface area contributed by atoms with E-state index in [0.717, 1.165) is 37.7 Å². The molecule has 1 atom stereocenters. The Kier molecular flexibility index (Phi) is 3.64. The lowest BCUT2D eigenvalue weighted by Crippen LogP contribution is -2.18. The zero-order chi connectivity index (χ0) is 14.1. The molecule has 2 heteroatoms. The summed E-state index contributed by atoms with van der Waals surface area (Å²) in [7, 11) is 0. The van der Waals surface area contributed by atoms with Crippen LogP contribution in [-0.4, -0.2) is 11.1 Å². The minimum atomic E-state index is -0.741. The molecule has 3 rings (SSSR count). The van der Waals surface area contributed by atoms with Gasteiger partial charge in [-0.05, 0) is 54.7 Å². The molecule has 1 aromatic rings. The Morgan fingerprint density at radius 2 is 1.85 bits per heavy atom.